The molecule has 22 heavy (non-hydrogen) atoms. The van der Waals surface area contributed by atoms with E-state index in [-0.39, 0.29) is 5.91 Å². The van der Waals surface area contributed by atoms with Crippen molar-refractivity contribution < 1.29 is 9.53 Å². The van der Waals surface area contributed by atoms with Crippen LogP contribution in [0.25, 0.3) is 0 Å². The molecule has 0 radical (unpaired) electrons. The quantitative estimate of drug-likeness (QED) is 0.759. The summed E-state index contributed by atoms with van der Waals surface area (Å²) in [7, 11) is 1.65. The molecule has 0 atom stereocenters. The molecule has 0 aromatic heterocycles. The van der Waals surface area contributed by atoms with E-state index in [2.05, 4.69) is 17.4 Å². The summed E-state index contributed by atoms with van der Waals surface area (Å²) in [4.78, 5) is 11.8. The Morgan fingerprint density at radius 1 is 0.955 bits per heavy atom. The predicted molar refractivity (Wildman–Crippen MR) is 89.1 cm³/mol. The molecule has 116 valence electrons. The minimum atomic E-state index is 0.115. The first-order valence-corrected chi connectivity index (χ1v) is 7.71. The van der Waals surface area contributed by atoms with Crippen molar-refractivity contribution in [3.05, 3.63) is 65.7 Å². The van der Waals surface area contributed by atoms with Crippen LogP contribution >= 0.6 is 0 Å². The maximum atomic E-state index is 11.8. The van der Waals surface area contributed by atoms with Crippen LogP contribution in [0.3, 0.4) is 0 Å². The minimum Gasteiger partial charge on any atom is -0.497 e. The summed E-state index contributed by atoms with van der Waals surface area (Å²) in [5.74, 6) is 0.956. The van der Waals surface area contributed by atoms with E-state index in [4.69, 9.17) is 4.74 Å². The van der Waals surface area contributed by atoms with E-state index in [0.717, 1.165) is 37.1 Å². The van der Waals surface area contributed by atoms with Crippen LogP contribution in [0, 0.1) is 0 Å². The molecule has 2 rings (SSSR count). The van der Waals surface area contributed by atoms with E-state index >= 15 is 0 Å². The smallest absolute Gasteiger partial charge is 0.220 e. The molecule has 0 saturated carbocycles. The summed E-state index contributed by atoms with van der Waals surface area (Å²) in [5, 5.41) is 2.98. The number of benzene rings is 2. The van der Waals surface area contributed by atoms with Crippen molar-refractivity contribution in [2.45, 2.75) is 25.7 Å². The summed E-state index contributed by atoms with van der Waals surface area (Å²) in [6.07, 6.45) is 3.25. The van der Waals surface area contributed by atoms with Crippen molar-refractivity contribution >= 4 is 5.91 Å². The Kier molecular flexibility index (Phi) is 6.49. The van der Waals surface area contributed by atoms with Gasteiger partial charge < -0.3 is 10.1 Å². The molecule has 3 heteroatoms. The van der Waals surface area contributed by atoms with Gasteiger partial charge in [0.2, 0.25) is 5.91 Å². The van der Waals surface area contributed by atoms with E-state index in [9.17, 15) is 4.79 Å². The summed E-state index contributed by atoms with van der Waals surface area (Å²) in [5.41, 5.74) is 2.47. The molecule has 1 amide bonds. The second kappa shape index (κ2) is 8.88. The topological polar surface area (TPSA) is 38.3 Å². The fourth-order valence-electron chi connectivity index (χ4n) is 2.30. The fraction of sp³-hybridized carbons (Fsp3) is 0.316. The monoisotopic (exact) mass is 297 g/mol. The van der Waals surface area contributed by atoms with Gasteiger partial charge in [0.15, 0.2) is 0 Å². The van der Waals surface area contributed by atoms with Crippen LogP contribution in [0.5, 0.6) is 5.75 Å². The SMILES string of the molecule is COc1ccc(CCC(=O)NCCCc2ccccc2)cc1. The molecule has 2 aromatic carbocycles. The lowest BCUT2D eigenvalue weighted by molar-refractivity contribution is -0.121. The van der Waals surface area contributed by atoms with Gasteiger partial charge in [-0.1, -0.05) is 42.5 Å². The Bertz CT molecular complexity index is 564. The molecular formula is C19H23NO2. The maximum absolute atomic E-state index is 11.8. The Morgan fingerprint density at radius 3 is 2.32 bits per heavy atom. The maximum Gasteiger partial charge on any atom is 0.220 e. The third kappa shape index (κ3) is 5.60. The molecule has 2 aromatic rings. The number of methoxy groups -OCH3 is 1. The van der Waals surface area contributed by atoms with Crippen LogP contribution in [-0.4, -0.2) is 19.6 Å². The van der Waals surface area contributed by atoms with Gasteiger partial charge in [-0.15, -0.1) is 0 Å². The highest BCUT2D eigenvalue weighted by Gasteiger charge is 2.02. The number of amides is 1. The number of hydrogen-bond acceptors (Lipinski definition) is 2. The zero-order valence-electron chi connectivity index (χ0n) is 13.0. The normalized spacial score (nSPS) is 10.2. The molecular weight excluding hydrogens is 274 g/mol. The number of nitrogens with one attached hydrogen (secondary N) is 1. The van der Waals surface area contributed by atoms with Crippen molar-refractivity contribution in [3.63, 3.8) is 0 Å². The van der Waals surface area contributed by atoms with Gasteiger partial charge in [-0.2, -0.15) is 0 Å². The lowest BCUT2D eigenvalue weighted by atomic mass is 10.1. The largest absolute Gasteiger partial charge is 0.497 e. The van der Waals surface area contributed by atoms with Crippen molar-refractivity contribution in [1.29, 1.82) is 0 Å². The highest BCUT2D eigenvalue weighted by atomic mass is 16.5. The van der Waals surface area contributed by atoms with E-state index in [1.54, 1.807) is 7.11 Å². The van der Waals surface area contributed by atoms with Crippen LogP contribution in [0.15, 0.2) is 54.6 Å². The third-order valence-corrected chi connectivity index (χ3v) is 3.61. The second-order valence-corrected chi connectivity index (χ2v) is 5.29. The average Bonchev–Trinajstić information content (AvgIpc) is 2.58. The standard InChI is InChI=1S/C19H23NO2/c1-22-18-12-9-17(10-13-18)11-14-19(21)20-15-5-8-16-6-3-2-4-7-16/h2-4,6-7,9-10,12-13H,5,8,11,14-15H2,1H3,(H,20,21). The van der Waals surface area contributed by atoms with Crippen LogP contribution in [0.4, 0.5) is 0 Å². The number of carbonyl (C=O) groups is 1. The van der Waals surface area contributed by atoms with Crippen LogP contribution in [-0.2, 0) is 17.6 Å². The Labute approximate surface area is 132 Å². The number of hydrogen-bond donors (Lipinski definition) is 1. The van der Waals surface area contributed by atoms with Gasteiger partial charge in [-0.3, -0.25) is 4.79 Å². The summed E-state index contributed by atoms with van der Waals surface area (Å²) in [6, 6.07) is 18.2. The number of aryl methyl sites for hydroxylation is 2. The highest BCUT2D eigenvalue weighted by molar-refractivity contribution is 5.76. The molecule has 0 aliphatic heterocycles. The van der Waals surface area contributed by atoms with Crippen LogP contribution in [0.2, 0.25) is 0 Å². The predicted octanol–water partition coefficient (Wildman–Crippen LogP) is 3.38. The minimum absolute atomic E-state index is 0.115. The Balaban J connectivity index is 1.61. The van der Waals surface area contributed by atoms with Crippen molar-refractivity contribution in [3.8, 4) is 5.75 Å². The van der Waals surface area contributed by atoms with Gasteiger partial charge in [0.1, 0.15) is 5.75 Å². The zero-order chi connectivity index (χ0) is 15.6. The van der Waals surface area contributed by atoms with E-state index in [0.29, 0.717) is 6.42 Å². The molecule has 3 nitrogen and oxygen atoms in total. The van der Waals surface area contributed by atoms with Gasteiger partial charge in [0, 0.05) is 13.0 Å². The van der Waals surface area contributed by atoms with Gasteiger partial charge in [0.05, 0.1) is 7.11 Å². The molecule has 0 heterocycles. The van der Waals surface area contributed by atoms with Gasteiger partial charge in [-0.25, -0.2) is 0 Å². The van der Waals surface area contributed by atoms with Crippen molar-refractivity contribution in [2.24, 2.45) is 0 Å². The Hall–Kier alpha value is -2.29. The molecule has 0 bridgehead atoms. The summed E-state index contributed by atoms with van der Waals surface area (Å²) in [6.45, 7) is 0.732. The molecule has 0 saturated heterocycles. The van der Waals surface area contributed by atoms with E-state index < -0.39 is 0 Å². The number of rotatable bonds is 8. The lowest BCUT2D eigenvalue weighted by Gasteiger charge is -2.06. The average molecular weight is 297 g/mol. The molecule has 0 unspecified atom stereocenters. The summed E-state index contributed by atoms with van der Waals surface area (Å²) < 4.78 is 5.12. The lowest BCUT2D eigenvalue weighted by Crippen LogP contribution is -2.24. The van der Waals surface area contributed by atoms with Crippen molar-refractivity contribution in [1.82, 2.24) is 5.32 Å². The zero-order valence-corrected chi connectivity index (χ0v) is 13.0. The van der Waals surface area contributed by atoms with E-state index in [1.807, 2.05) is 42.5 Å². The van der Waals surface area contributed by atoms with Crippen LogP contribution in [0.1, 0.15) is 24.0 Å². The highest BCUT2D eigenvalue weighted by Crippen LogP contribution is 2.12. The molecule has 0 aliphatic rings. The third-order valence-electron chi connectivity index (χ3n) is 3.61. The molecule has 0 aliphatic carbocycles. The van der Waals surface area contributed by atoms with Gasteiger partial charge in [0.25, 0.3) is 0 Å². The molecule has 0 fully saturated rings. The van der Waals surface area contributed by atoms with Crippen LogP contribution < -0.4 is 10.1 Å². The van der Waals surface area contributed by atoms with Gasteiger partial charge in [-0.05, 0) is 42.5 Å². The second-order valence-electron chi connectivity index (χ2n) is 5.29. The summed E-state index contributed by atoms with van der Waals surface area (Å²) >= 11 is 0. The van der Waals surface area contributed by atoms with Crippen molar-refractivity contribution in [2.75, 3.05) is 13.7 Å². The molecule has 0 spiro atoms. The fourth-order valence-corrected chi connectivity index (χ4v) is 2.30. The van der Waals surface area contributed by atoms with Gasteiger partial charge >= 0.3 is 0 Å². The first-order valence-electron chi connectivity index (χ1n) is 7.71. The Morgan fingerprint density at radius 2 is 1.64 bits per heavy atom. The van der Waals surface area contributed by atoms with E-state index in [1.165, 1.54) is 5.56 Å². The number of carbonyl (C=O) groups excluding carboxylic acids is 1. The first-order chi connectivity index (χ1) is 10.8. The first kappa shape index (κ1) is 16.1. The molecule has 1 N–H and O–H groups in total. The number of ether oxygens (including phenoxy) is 1.